The van der Waals surface area contributed by atoms with E-state index in [1.165, 1.54) is 0 Å². The van der Waals surface area contributed by atoms with Gasteiger partial charge in [-0.05, 0) is 55.5 Å². The smallest absolute Gasteiger partial charge is 0.254 e. The molecular weight excluding hydrogens is 452 g/mol. The SMILES string of the molecule is CC1=C(C(=O)Nc2ccc(C)cc2)[C@@H](c2ccc(Br)cc2)C2=C(CC(C)(C)CC2=O)N1. The molecule has 31 heavy (non-hydrogen) atoms. The standard InChI is InChI=1S/C26H27BrN2O2/c1-15-5-11-19(12-6-15)29-25(31)22-16(2)28-20-13-26(3,4)14-21(30)24(20)23(22)17-7-9-18(27)10-8-17/h5-12,23,28H,13-14H2,1-4H3,(H,29,31)/t23-/m1/s1. The quantitative estimate of drug-likeness (QED) is 0.568. The van der Waals surface area contributed by atoms with Crippen molar-refractivity contribution in [3.63, 3.8) is 0 Å². The maximum atomic E-state index is 13.5. The number of benzene rings is 2. The van der Waals surface area contributed by atoms with Gasteiger partial charge in [0, 0.05) is 45.0 Å². The highest BCUT2D eigenvalue weighted by molar-refractivity contribution is 9.10. The molecule has 160 valence electrons. The number of dihydropyridines is 1. The lowest BCUT2D eigenvalue weighted by molar-refractivity contribution is -0.118. The summed E-state index contributed by atoms with van der Waals surface area (Å²) in [7, 11) is 0. The second kappa shape index (κ2) is 8.12. The lowest BCUT2D eigenvalue weighted by Crippen LogP contribution is -2.39. The molecule has 0 saturated carbocycles. The van der Waals surface area contributed by atoms with Crippen LogP contribution in [0.2, 0.25) is 0 Å². The first kappa shape index (κ1) is 21.6. The van der Waals surface area contributed by atoms with Gasteiger partial charge in [-0.1, -0.05) is 59.6 Å². The molecule has 0 fully saturated rings. The summed E-state index contributed by atoms with van der Waals surface area (Å²) < 4.78 is 0.960. The van der Waals surface area contributed by atoms with Crippen LogP contribution in [0.15, 0.2) is 75.5 Å². The third-order valence-electron chi connectivity index (χ3n) is 6.00. The molecule has 5 heteroatoms. The zero-order chi connectivity index (χ0) is 22.3. The molecule has 2 aliphatic rings. The largest absolute Gasteiger partial charge is 0.362 e. The molecule has 0 bridgehead atoms. The van der Waals surface area contributed by atoms with Gasteiger partial charge in [-0.25, -0.2) is 0 Å². The van der Waals surface area contributed by atoms with Crippen molar-refractivity contribution in [3.05, 3.63) is 86.7 Å². The van der Waals surface area contributed by atoms with Crippen LogP contribution < -0.4 is 10.6 Å². The van der Waals surface area contributed by atoms with E-state index < -0.39 is 5.92 Å². The van der Waals surface area contributed by atoms with Crippen molar-refractivity contribution in [2.45, 2.75) is 46.5 Å². The van der Waals surface area contributed by atoms with Gasteiger partial charge >= 0.3 is 0 Å². The third-order valence-corrected chi connectivity index (χ3v) is 6.53. The van der Waals surface area contributed by atoms with E-state index in [2.05, 4.69) is 40.4 Å². The number of carbonyl (C=O) groups is 2. The van der Waals surface area contributed by atoms with Crippen LogP contribution in [0.1, 0.15) is 50.7 Å². The molecule has 1 aliphatic carbocycles. The molecule has 0 saturated heterocycles. The van der Waals surface area contributed by atoms with Crippen LogP contribution in [0.3, 0.4) is 0 Å². The number of allylic oxidation sites excluding steroid dienone is 3. The van der Waals surface area contributed by atoms with Crippen molar-refractivity contribution >= 4 is 33.3 Å². The number of Topliss-reactive ketones (excluding diaryl/α,β-unsaturated/α-hetero) is 1. The number of carbonyl (C=O) groups excluding carboxylic acids is 2. The highest BCUT2D eigenvalue weighted by Crippen LogP contribution is 2.46. The molecule has 1 atom stereocenters. The fraction of sp³-hybridized carbons (Fsp3) is 0.308. The summed E-state index contributed by atoms with van der Waals surface area (Å²) in [6.45, 7) is 8.16. The normalized spacial score (nSPS) is 20.3. The Bertz CT molecular complexity index is 1110. The molecule has 0 radical (unpaired) electrons. The molecule has 0 spiro atoms. The summed E-state index contributed by atoms with van der Waals surface area (Å²) in [5, 5.41) is 6.44. The summed E-state index contributed by atoms with van der Waals surface area (Å²) in [5.74, 6) is -0.468. The minimum atomic E-state index is -0.390. The molecule has 0 unspecified atom stereocenters. The van der Waals surface area contributed by atoms with Crippen LogP contribution in [0.5, 0.6) is 0 Å². The first-order chi connectivity index (χ1) is 14.6. The molecule has 4 nitrogen and oxygen atoms in total. The number of amides is 1. The van der Waals surface area contributed by atoms with Crippen LogP contribution >= 0.6 is 15.9 Å². The third kappa shape index (κ3) is 4.38. The summed E-state index contributed by atoms with van der Waals surface area (Å²) in [6, 6.07) is 15.6. The van der Waals surface area contributed by atoms with Crippen molar-refractivity contribution in [3.8, 4) is 0 Å². The Labute approximate surface area is 191 Å². The average molecular weight is 479 g/mol. The van der Waals surface area contributed by atoms with Crippen molar-refractivity contribution < 1.29 is 9.59 Å². The lowest BCUT2D eigenvalue weighted by Gasteiger charge is -2.39. The topological polar surface area (TPSA) is 58.2 Å². The van der Waals surface area contributed by atoms with Gasteiger partial charge < -0.3 is 10.6 Å². The minimum absolute atomic E-state index is 0.102. The number of rotatable bonds is 3. The molecule has 1 amide bonds. The number of anilines is 1. The summed E-state index contributed by atoms with van der Waals surface area (Å²) >= 11 is 3.49. The van der Waals surface area contributed by atoms with Crippen molar-refractivity contribution in [1.29, 1.82) is 0 Å². The van der Waals surface area contributed by atoms with Gasteiger partial charge in [0.15, 0.2) is 5.78 Å². The molecule has 2 N–H and O–H groups in total. The predicted molar refractivity (Wildman–Crippen MR) is 128 cm³/mol. The van der Waals surface area contributed by atoms with E-state index in [0.717, 1.165) is 44.7 Å². The van der Waals surface area contributed by atoms with Crippen molar-refractivity contribution in [2.75, 3.05) is 5.32 Å². The van der Waals surface area contributed by atoms with Gasteiger partial charge in [0.1, 0.15) is 0 Å². The second-order valence-corrected chi connectivity index (χ2v) is 10.2. The zero-order valence-electron chi connectivity index (χ0n) is 18.3. The number of nitrogens with one attached hydrogen (secondary N) is 2. The average Bonchev–Trinajstić information content (AvgIpc) is 2.68. The van der Waals surface area contributed by atoms with E-state index in [1.54, 1.807) is 0 Å². The van der Waals surface area contributed by atoms with Gasteiger partial charge in [-0.3, -0.25) is 9.59 Å². The first-order valence-corrected chi connectivity index (χ1v) is 11.3. The fourth-order valence-electron chi connectivity index (χ4n) is 4.56. The van der Waals surface area contributed by atoms with E-state index in [1.807, 2.05) is 62.4 Å². The lowest BCUT2D eigenvalue weighted by atomic mass is 9.68. The number of hydrogen-bond acceptors (Lipinski definition) is 3. The number of aryl methyl sites for hydroxylation is 1. The van der Waals surface area contributed by atoms with Gasteiger partial charge in [0.05, 0.1) is 0 Å². The van der Waals surface area contributed by atoms with Gasteiger partial charge in [0.25, 0.3) is 5.91 Å². The summed E-state index contributed by atoms with van der Waals surface area (Å²) in [4.78, 5) is 26.8. The Kier molecular flexibility index (Phi) is 5.65. The molecule has 1 heterocycles. The molecular formula is C26H27BrN2O2. The van der Waals surface area contributed by atoms with E-state index in [0.29, 0.717) is 12.0 Å². The van der Waals surface area contributed by atoms with E-state index in [9.17, 15) is 9.59 Å². The maximum absolute atomic E-state index is 13.5. The minimum Gasteiger partial charge on any atom is -0.362 e. The number of hydrogen-bond donors (Lipinski definition) is 2. The molecule has 1 aliphatic heterocycles. The molecule has 4 rings (SSSR count). The predicted octanol–water partition coefficient (Wildman–Crippen LogP) is 6.00. The fourth-order valence-corrected chi connectivity index (χ4v) is 4.83. The molecule has 2 aromatic rings. The zero-order valence-corrected chi connectivity index (χ0v) is 19.9. The first-order valence-electron chi connectivity index (χ1n) is 10.5. The van der Waals surface area contributed by atoms with Gasteiger partial charge in [0.2, 0.25) is 0 Å². The Morgan fingerprint density at radius 1 is 1.03 bits per heavy atom. The van der Waals surface area contributed by atoms with E-state index >= 15 is 0 Å². The van der Waals surface area contributed by atoms with Gasteiger partial charge in [-0.2, -0.15) is 0 Å². The summed E-state index contributed by atoms with van der Waals surface area (Å²) in [6.07, 6.45) is 1.26. The van der Waals surface area contributed by atoms with Crippen LogP contribution in [0, 0.1) is 12.3 Å². The monoisotopic (exact) mass is 478 g/mol. The molecule has 0 aromatic heterocycles. The van der Waals surface area contributed by atoms with E-state index in [-0.39, 0.29) is 17.1 Å². The highest BCUT2D eigenvalue weighted by atomic mass is 79.9. The van der Waals surface area contributed by atoms with E-state index in [4.69, 9.17) is 0 Å². The summed E-state index contributed by atoms with van der Waals surface area (Å²) in [5.41, 5.74) is 5.76. The Balaban J connectivity index is 1.79. The van der Waals surface area contributed by atoms with Crippen molar-refractivity contribution in [2.24, 2.45) is 5.41 Å². The number of halogens is 1. The Morgan fingerprint density at radius 2 is 1.68 bits per heavy atom. The Hall–Kier alpha value is -2.66. The van der Waals surface area contributed by atoms with Crippen LogP contribution in [0.4, 0.5) is 5.69 Å². The molecule has 2 aromatic carbocycles. The Morgan fingerprint density at radius 3 is 2.32 bits per heavy atom. The van der Waals surface area contributed by atoms with Crippen LogP contribution in [-0.4, -0.2) is 11.7 Å². The van der Waals surface area contributed by atoms with Gasteiger partial charge in [-0.15, -0.1) is 0 Å². The number of ketones is 1. The highest BCUT2D eigenvalue weighted by Gasteiger charge is 2.42. The van der Waals surface area contributed by atoms with Crippen LogP contribution in [-0.2, 0) is 9.59 Å². The van der Waals surface area contributed by atoms with Crippen molar-refractivity contribution in [1.82, 2.24) is 5.32 Å². The second-order valence-electron chi connectivity index (χ2n) is 9.30. The van der Waals surface area contributed by atoms with Crippen LogP contribution in [0.25, 0.3) is 0 Å². The maximum Gasteiger partial charge on any atom is 0.254 e.